The first kappa shape index (κ1) is 12.9. The minimum absolute atomic E-state index is 0.266. The summed E-state index contributed by atoms with van der Waals surface area (Å²) in [5.41, 5.74) is 6.10. The lowest BCUT2D eigenvalue weighted by Gasteiger charge is -2.06. The lowest BCUT2D eigenvalue weighted by Crippen LogP contribution is -2.09. The predicted octanol–water partition coefficient (Wildman–Crippen LogP) is 3.41. The summed E-state index contributed by atoms with van der Waals surface area (Å²) in [5.74, 6) is 0.309. The van der Waals surface area contributed by atoms with Crippen LogP contribution < -0.4 is 10.5 Å². The summed E-state index contributed by atoms with van der Waals surface area (Å²) >= 11 is 7.99. The fraction of sp³-hybridized carbons (Fsp3) is 0. The molecule has 0 radical (unpaired) electrons. The first-order chi connectivity index (χ1) is 8.54. The smallest absolute Gasteiger partial charge is 0.219 e. The maximum atomic E-state index is 13.1. The SMILES string of the molecule is NC(=S)c1ccc(Oc2cc(F)cc(Br)c2)nc1. The van der Waals surface area contributed by atoms with Gasteiger partial charge in [0.15, 0.2) is 0 Å². The van der Waals surface area contributed by atoms with E-state index in [2.05, 4.69) is 20.9 Å². The highest BCUT2D eigenvalue weighted by Crippen LogP contribution is 2.24. The number of hydrogen-bond donors (Lipinski definition) is 1. The largest absolute Gasteiger partial charge is 0.439 e. The molecule has 0 atom stereocenters. The molecule has 2 rings (SSSR count). The van der Waals surface area contributed by atoms with Crippen LogP contribution in [0.4, 0.5) is 4.39 Å². The van der Waals surface area contributed by atoms with E-state index in [1.807, 2.05) is 0 Å². The highest BCUT2D eigenvalue weighted by atomic mass is 79.9. The van der Waals surface area contributed by atoms with Crippen molar-refractivity contribution in [3.05, 3.63) is 52.4 Å². The van der Waals surface area contributed by atoms with E-state index in [9.17, 15) is 4.39 Å². The summed E-state index contributed by atoms with van der Waals surface area (Å²) in [6, 6.07) is 7.57. The van der Waals surface area contributed by atoms with Crippen LogP contribution >= 0.6 is 28.1 Å². The highest BCUT2D eigenvalue weighted by molar-refractivity contribution is 9.10. The first-order valence-electron chi connectivity index (χ1n) is 4.94. The third-order valence-corrected chi connectivity index (χ3v) is 2.77. The molecule has 0 bridgehead atoms. The average Bonchev–Trinajstić information content (AvgIpc) is 2.28. The number of hydrogen-bond acceptors (Lipinski definition) is 3. The van der Waals surface area contributed by atoms with Crippen molar-refractivity contribution in [2.75, 3.05) is 0 Å². The second kappa shape index (κ2) is 5.41. The fourth-order valence-corrected chi connectivity index (χ4v) is 1.86. The summed E-state index contributed by atoms with van der Waals surface area (Å²) in [5, 5.41) is 0. The van der Waals surface area contributed by atoms with Gasteiger partial charge in [0.2, 0.25) is 5.88 Å². The molecule has 1 aromatic heterocycles. The zero-order chi connectivity index (χ0) is 13.1. The number of ether oxygens (including phenoxy) is 1. The van der Waals surface area contributed by atoms with Crippen LogP contribution in [0.15, 0.2) is 41.0 Å². The third kappa shape index (κ3) is 3.24. The summed E-state index contributed by atoms with van der Waals surface area (Å²) in [4.78, 5) is 4.29. The molecule has 0 spiro atoms. The van der Waals surface area contributed by atoms with Crippen molar-refractivity contribution in [1.29, 1.82) is 0 Å². The number of benzene rings is 1. The van der Waals surface area contributed by atoms with Crippen LogP contribution in [0.1, 0.15) is 5.56 Å². The van der Waals surface area contributed by atoms with E-state index in [-0.39, 0.29) is 10.8 Å². The lowest BCUT2D eigenvalue weighted by atomic mass is 10.3. The molecule has 0 aliphatic rings. The Hall–Kier alpha value is -1.53. The van der Waals surface area contributed by atoms with E-state index in [0.29, 0.717) is 21.7 Å². The van der Waals surface area contributed by atoms with Gasteiger partial charge in [0.1, 0.15) is 16.6 Å². The van der Waals surface area contributed by atoms with Crippen molar-refractivity contribution in [2.45, 2.75) is 0 Å². The molecule has 92 valence electrons. The molecule has 0 amide bonds. The highest BCUT2D eigenvalue weighted by Gasteiger charge is 2.03. The van der Waals surface area contributed by atoms with Crippen molar-refractivity contribution in [2.24, 2.45) is 5.73 Å². The van der Waals surface area contributed by atoms with Crippen LogP contribution in [-0.2, 0) is 0 Å². The fourth-order valence-electron chi connectivity index (χ4n) is 1.29. The maximum absolute atomic E-state index is 13.1. The van der Waals surface area contributed by atoms with Crippen molar-refractivity contribution in [3.63, 3.8) is 0 Å². The molecule has 0 fully saturated rings. The van der Waals surface area contributed by atoms with Crippen LogP contribution in [0.3, 0.4) is 0 Å². The van der Waals surface area contributed by atoms with Gasteiger partial charge in [-0.05, 0) is 18.2 Å². The molecular weight excluding hydrogens is 319 g/mol. The molecule has 6 heteroatoms. The molecule has 0 aliphatic carbocycles. The van der Waals surface area contributed by atoms with Crippen molar-refractivity contribution < 1.29 is 9.13 Å². The predicted molar refractivity (Wildman–Crippen MR) is 74.3 cm³/mol. The van der Waals surface area contributed by atoms with Crippen LogP contribution in [0, 0.1) is 5.82 Å². The first-order valence-corrected chi connectivity index (χ1v) is 6.14. The normalized spacial score (nSPS) is 10.1. The van der Waals surface area contributed by atoms with Gasteiger partial charge >= 0.3 is 0 Å². The van der Waals surface area contributed by atoms with Crippen LogP contribution in [0.25, 0.3) is 0 Å². The Bertz CT molecular complexity index is 569. The molecule has 1 aromatic carbocycles. The molecule has 0 saturated carbocycles. The summed E-state index contributed by atoms with van der Waals surface area (Å²) in [6.07, 6.45) is 1.51. The minimum Gasteiger partial charge on any atom is -0.439 e. The monoisotopic (exact) mass is 326 g/mol. The van der Waals surface area contributed by atoms with E-state index in [4.69, 9.17) is 22.7 Å². The number of pyridine rings is 1. The lowest BCUT2D eigenvalue weighted by molar-refractivity contribution is 0.457. The van der Waals surface area contributed by atoms with E-state index in [1.54, 1.807) is 18.2 Å². The van der Waals surface area contributed by atoms with Gasteiger partial charge in [0, 0.05) is 28.4 Å². The van der Waals surface area contributed by atoms with Crippen molar-refractivity contribution in [3.8, 4) is 11.6 Å². The number of nitrogens with two attached hydrogens (primary N) is 1. The molecule has 2 N–H and O–H groups in total. The number of nitrogens with zero attached hydrogens (tertiary/aromatic N) is 1. The van der Waals surface area contributed by atoms with Crippen LogP contribution in [0.5, 0.6) is 11.6 Å². The van der Waals surface area contributed by atoms with Gasteiger partial charge in [-0.25, -0.2) is 9.37 Å². The Morgan fingerprint density at radius 3 is 2.67 bits per heavy atom. The average molecular weight is 327 g/mol. The van der Waals surface area contributed by atoms with Crippen LogP contribution in [-0.4, -0.2) is 9.97 Å². The number of rotatable bonds is 3. The van der Waals surface area contributed by atoms with E-state index >= 15 is 0 Å². The molecular formula is C12H8BrFN2OS. The molecule has 1 heterocycles. The van der Waals surface area contributed by atoms with Gasteiger partial charge in [-0.2, -0.15) is 0 Å². The Labute approximate surface area is 117 Å². The Morgan fingerprint density at radius 2 is 2.11 bits per heavy atom. The van der Waals surface area contributed by atoms with Gasteiger partial charge in [0.05, 0.1) is 0 Å². The van der Waals surface area contributed by atoms with E-state index < -0.39 is 0 Å². The van der Waals surface area contributed by atoms with E-state index in [0.717, 1.165) is 0 Å². The quantitative estimate of drug-likeness (QED) is 0.878. The van der Waals surface area contributed by atoms with Crippen LogP contribution in [0.2, 0.25) is 0 Å². The van der Waals surface area contributed by atoms with Gasteiger partial charge in [-0.15, -0.1) is 0 Å². The molecule has 18 heavy (non-hydrogen) atoms. The topological polar surface area (TPSA) is 48.1 Å². The van der Waals surface area contributed by atoms with Gasteiger partial charge < -0.3 is 10.5 Å². The summed E-state index contributed by atoms with van der Waals surface area (Å²) in [7, 11) is 0. The Morgan fingerprint density at radius 1 is 1.33 bits per heavy atom. The molecule has 3 nitrogen and oxygen atoms in total. The zero-order valence-corrected chi connectivity index (χ0v) is 11.5. The number of halogens is 2. The number of thiocarbonyl (C=S) groups is 1. The maximum Gasteiger partial charge on any atom is 0.219 e. The Balaban J connectivity index is 2.20. The second-order valence-corrected chi connectivity index (χ2v) is 4.81. The van der Waals surface area contributed by atoms with Crippen molar-refractivity contribution >= 4 is 33.1 Å². The standard InChI is InChI=1S/C12H8BrFN2OS/c13-8-3-9(14)5-10(4-8)17-11-2-1-7(6-16-11)12(15)18/h1-6H,(H2,15,18). The van der Waals surface area contributed by atoms with Gasteiger partial charge in [0.25, 0.3) is 0 Å². The molecule has 0 unspecified atom stereocenters. The van der Waals surface area contributed by atoms with Crippen molar-refractivity contribution in [1.82, 2.24) is 4.98 Å². The third-order valence-electron chi connectivity index (χ3n) is 2.08. The minimum atomic E-state index is -0.390. The van der Waals surface area contributed by atoms with Gasteiger partial charge in [-0.1, -0.05) is 28.1 Å². The summed E-state index contributed by atoms with van der Waals surface area (Å²) < 4.78 is 19.1. The Kier molecular flexibility index (Phi) is 3.88. The molecule has 2 aromatic rings. The number of aromatic nitrogens is 1. The second-order valence-electron chi connectivity index (χ2n) is 3.46. The summed E-state index contributed by atoms with van der Waals surface area (Å²) in [6.45, 7) is 0. The zero-order valence-electron chi connectivity index (χ0n) is 9.06. The molecule has 0 saturated heterocycles. The van der Waals surface area contributed by atoms with E-state index in [1.165, 1.54) is 18.3 Å². The molecule has 0 aliphatic heterocycles. The van der Waals surface area contributed by atoms with Gasteiger partial charge in [-0.3, -0.25) is 0 Å².